The summed E-state index contributed by atoms with van der Waals surface area (Å²) in [6.07, 6.45) is 1.15. The fourth-order valence-electron chi connectivity index (χ4n) is 2.40. The summed E-state index contributed by atoms with van der Waals surface area (Å²) in [6, 6.07) is 14.0. The van der Waals surface area contributed by atoms with Gasteiger partial charge in [0.05, 0.1) is 18.0 Å². The van der Waals surface area contributed by atoms with Gasteiger partial charge in [-0.1, -0.05) is 12.1 Å². The first-order chi connectivity index (χ1) is 12.1. The van der Waals surface area contributed by atoms with Crippen LogP contribution in [0, 0.1) is 6.92 Å². The first-order valence-corrected chi connectivity index (χ1v) is 10.1. The molecule has 0 aliphatic rings. The molecule has 0 atom stereocenters. The van der Waals surface area contributed by atoms with Gasteiger partial charge in [0, 0.05) is 5.69 Å². The van der Waals surface area contributed by atoms with E-state index in [1.54, 1.807) is 42.5 Å². The van der Waals surface area contributed by atoms with Crippen molar-refractivity contribution in [3.8, 4) is 5.75 Å². The molecule has 6 nitrogen and oxygen atoms in total. The van der Waals surface area contributed by atoms with Gasteiger partial charge in [-0.05, 0) is 62.7 Å². The number of carbonyl (C=O) groups excluding carboxylic acids is 1. The second-order valence-electron chi connectivity index (χ2n) is 6.35. The Labute approximate surface area is 154 Å². The van der Waals surface area contributed by atoms with E-state index in [9.17, 15) is 13.2 Å². The molecule has 140 valence electrons. The van der Waals surface area contributed by atoms with Gasteiger partial charge < -0.3 is 10.1 Å². The van der Waals surface area contributed by atoms with Crippen molar-refractivity contribution in [2.24, 2.45) is 0 Å². The zero-order valence-corrected chi connectivity index (χ0v) is 16.2. The first-order valence-electron chi connectivity index (χ1n) is 8.26. The number of hydrogen-bond acceptors (Lipinski definition) is 4. The van der Waals surface area contributed by atoms with Crippen LogP contribution in [0.2, 0.25) is 0 Å². The third-order valence-corrected chi connectivity index (χ3v) is 4.63. The van der Waals surface area contributed by atoms with Crippen molar-refractivity contribution in [3.05, 3.63) is 54.1 Å². The molecule has 0 spiro atoms. The average molecular weight is 376 g/mol. The van der Waals surface area contributed by atoms with Crippen LogP contribution in [0.25, 0.3) is 0 Å². The number of rotatable bonds is 7. The molecule has 2 aromatic carbocycles. The van der Waals surface area contributed by atoms with E-state index in [-0.39, 0.29) is 12.6 Å². The van der Waals surface area contributed by atoms with Gasteiger partial charge in [0.1, 0.15) is 12.3 Å². The molecule has 0 heterocycles. The second-order valence-corrected chi connectivity index (χ2v) is 8.25. The van der Waals surface area contributed by atoms with Gasteiger partial charge >= 0.3 is 0 Å². The quantitative estimate of drug-likeness (QED) is 0.805. The van der Waals surface area contributed by atoms with E-state index in [2.05, 4.69) is 5.32 Å². The fourth-order valence-corrected chi connectivity index (χ4v) is 3.25. The van der Waals surface area contributed by atoms with Gasteiger partial charge in [0.25, 0.3) is 0 Å². The summed E-state index contributed by atoms with van der Waals surface area (Å²) in [5.41, 5.74) is 1.95. The third-order valence-electron chi connectivity index (χ3n) is 3.49. The van der Waals surface area contributed by atoms with Crippen LogP contribution in [-0.4, -0.2) is 33.2 Å². The predicted octanol–water partition coefficient (Wildman–Crippen LogP) is 3.19. The zero-order chi connectivity index (χ0) is 19.3. The van der Waals surface area contributed by atoms with E-state index in [4.69, 9.17) is 4.74 Å². The second kappa shape index (κ2) is 8.23. The molecule has 0 radical (unpaired) electrons. The summed E-state index contributed by atoms with van der Waals surface area (Å²) in [5.74, 6) is 0.282. The summed E-state index contributed by atoms with van der Waals surface area (Å²) >= 11 is 0. The Morgan fingerprint density at radius 2 is 1.81 bits per heavy atom. The van der Waals surface area contributed by atoms with E-state index in [0.717, 1.165) is 16.1 Å². The molecule has 0 aliphatic carbocycles. The molecule has 0 unspecified atom stereocenters. The maximum atomic E-state index is 12.3. The number of aryl methyl sites for hydroxylation is 1. The van der Waals surface area contributed by atoms with Crippen LogP contribution in [0.4, 0.5) is 11.4 Å². The molecule has 26 heavy (non-hydrogen) atoms. The minimum atomic E-state index is -3.59. The smallest absolute Gasteiger partial charge is 0.245 e. The van der Waals surface area contributed by atoms with Crippen molar-refractivity contribution in [1.82, 2.24) is 0 Å². The van der Waals surface area contributed by atoms with Gasteiger partial charge in [-0.3, -0.25) is 9.10 Å². The number of nitrogens with zero attached hydrogens (tertiary/aromatic N) is 1. The van der Waals surface area contributed by atoms with E-state index in [1.165, 1.54) is 0 Å². The summed E-state index contributed by atoms with van der Waals surface area (Å²) in [7, 11) is -3.59. The fraction of sp³-hybridized carbons (Fsp3) is 0.316. The summed E-state index contributed by atoms with van der Waals surface area (Å²) in [6.45, 7) is 5.43. The largest absolute Gasteiger partial charge is 0.491 e. The number of carbonyl (C=O) groups is 1. The monoisotopic (exact) mass is 376 g/mol. The maximum absolute atomic E-state index is 12.3. The lowest BCUT2D eigenvalue weighted by molar-refractivity contribution is -0.114. The van der Waals surface area contributed by atoms with Gasteiger partial charge in [-0.15, -0.1) is 0 Å². The number of nitrogens with one attached hydrogen (secondary N) is 1. The predicted molar refractivity (Wildman–Crippen MR) is 104 cm³/mol. The SMILES string of the molecule is Cc1cccc(N(CC(=O)Nc2ccc(OC(C)C)cc2)S(C)(=O)=O)c1. The minimum absolute atomic E-state index is 0.0630. The molecule has 0 aliphatic heterocycles. The minimum Gasteiger partial charge on any atom is -0.491 e. The lowest BCUT2D eigenvalue weighted by Crippen LogP contribution is -2.37. The van der Waals surface area contributed by atoms with Crippen molar-refractivity contribution < 1.29 is 17.9 Å². The summed E-state index contributed by atoms with van der Waals surface area (Å²) in [5, 5.41) is 2.71. The van der Waals surface area contributed by atoms with E-state index in [1.807, 2.05) is 26.8 Å². The highest BCUT2D eigenvalue weighted by atomic mass is 32.2. The van der Waals surface area contributed by atoms with E-state index >= 15 is 0 Å². The van der Waals surface area contributed by atoms with E-state index < -0.39 is 15.9 Å². The topological polar surface area (TPSA) is 75.7 Å². The summed E-state index contributed by atoms with van der Waals surface area (Å²) < 4.78 is 30.9. The lowest BCUT2D eigenvalue weighted by Gasteiger charge is -2.22. The first kappa shape index (κ1) is 19.8. The Balaban J connectivity index is 2.10. The van der Waals surface area contributed by atoms with Crippen molar-refractivity contribution in [1.29, 1.82) is 0 Å². The lowest BCUT2D eigenvalue weighted by atomic mass is 10.2. The van der Waals surface area contributed by atoms with Crippen LogP contribution in [0.15, 0.2) is 48.5 Å². The van der Waals surface area contributed by atoms with Crippen LogP contribution in [0.3, 0.4) is 0 Å². The molecule has 0 saturated carbocycles. The van der Waals surface area contributed by atoms with Gasteiger partial charge in [-0.2, -0.15) is 0 Å². The highest BCUT2D eigenvalue weighted by Crippen LogP contribution is 2.20. The Kier molecular flexibility index (Phi) is 6.26. The number of amides is 1. The molecule has 0 saturated heterocycles. The van der Waals surface area contributed by atoms with Crippen molar-refractivity contribution in [3.63, 3.8) is 0 Å². The van der Waals surface area contributed by atoms with Gasteiger partial charge in [0.2, 0.25) is 15.9 Å². The molecular weight excluding hydrogens is 352 g/mol. The van der Waals surface area contributed by atoms with Crippen molar-refractivity contribution >= 4 is 27.3 Å². The number of ether oxygens (including phenoxy) is 1. The normalized spacial score (nSPS) is 11.3. The van der Waals surface area contributed by atoms with Crippen LogP contribution in [0.1, 0.15) is 19.4 Å². The zero-order valence-electron chi connectivity index (χ0n) is 15.4. The molecular formula is C19H24N2O4S. The molecule has 1 amide bonds. The van der Waals surface area contributed by atoms with Crippen LogP contribution < -0.4 is 14.4 Å². The van der Waals surface area contributed by atoms with Crippen molar-refractivity contribution in [2.75, 3.05) is 22.4 Å². The van der Waals surface area contributed by atoms with Crippen LogP contribution >= 0.6 is 0 Å². The van der Waals surface area contributed by atoms with Crippen LogP contribution in [0.5, 0.6) is 5.75 Å². The Morgan fingerprint density at radius 1 is 1.15 bits per heavy atom. The highest BCUT2D eigenvalue weighted by Gasteiger charge is 2.21. The Bertz CT molecular complexity index is 861. The van der Waals surface area contributed by atoms with Crippen molar-refractivity contribution in [2.45, 2.75) is 26.9 Å². The maximum Gasteiger partial charge on any atom is 0.245 e. The van der Waals surface area contributed by atoms with Gasteiger partial charge in [0.15, 0.2) is 0 Å². The molecule has 2 aromatic rings. The number of sulfonamides is 1. The Hall–Kier alpha value is -2.54. The number of anilines is 2. The highest BCUT2D eigenvalue weighted by molar-refractivity contribution is 7.92. The number of benzene rings is 2. The van der Waals surface area contributed by atoms with Crippen LogP contribution in [-0.2, 0) is 14.8 Å². The summed E-state index contributed by atoms with van der Waals surface area (Å²) in [4.78, 5) is 12.3. The standard InChI is InChI=1S/C19H24N2O4S/c1-14(2)25-18-10-8-16(9-11-18)20-19(22)13-21(26(4,23)24)17-7-5-6-15(3)12-17/h5-12,14H,13H2,1-4H3,(H,20,22). The molecule has 1 N–H and O–H groups in total. The molecule has 2 rings (SSSR count). The van der Waals surface area contributed by atoms with E-state index in [0.29, 0.717) is 17.1 Å². The molecule has 0 aromatic heterocycles. The molecule has 0 fully saturated rings. The molecule has 0 bridgehead atoms. The number of hydrogen-bond donors (Lipinski definition) is 1. The molecule has 7 heteroatoms. The third kappa shape index (κ3) is 5.77. The van der Waals surface area contributed by atoms with Gasteiger partial charge in [-0.25, -0.2) is 8.42 Å². The average Bonchev–Trinajstić information content (AvgIpc) is 2.53. The Morgan fingerprint density at radius 3 is 2.35 bits per heavy atom.